The largest absolute Gasteiger partial charge is 0.350 e. The van der Waals surface area contributed by atoms with E-state index in [1.54, 1.807) is 0 Å². The molecule has 1 aliphatic carbocycles. The van der Waals surface area contributed by atoms with E-state index in [0.29, 0.717) is 6.54 Å². The third-order valence-corrected chi connectivity index (χ3v) is 6.54. The Morgan fingerprint density at radius 2 is 1.81 bits per heavy atom. The summed E-state index contributed by atoms with van der Waals surface area (Å²) >= 11 is 7.05. The highest BCUT2D eigenvalue weighted by atomic mass is 79.9. The average Bonchev–Trinajstić information content (AvgIpc) is 3.07. The minimum Gasteiger partial charge on any atom is -0.350 e. The number of amides is 1. The molecule has 0 bridgehead atoms. The van der Waals surface area contributed by atoms with Crippen molar-refractivity contribution in [3.8, 4) is 0 Å². The summed E-state index contributed by atoms with van der Waals surface area (Å²) in [7, 11) is 0. The number of hydrogen-bond donors (Lipinski definition) is 2. The summed E-state index contributed by atoms with van der Waals surface area (Å²) in [6.07, 6.45) is 1.80. The Morgan fingerprint density at radius 3 is 2.56 bits per heavy atom. The van der Waals surface area contributed by atoms with Gasteiger partial charge < -0.3 is 10.6 Å². The van der Waals surface area contributed by atoms with Crippen LogP contribution in [0.2, 0.25) is 0 Å². The highest BCUT2D eigenvalue weighted by molar-refractivity contribution is 9.11. The van der Waals surface area contributed by atoms with Gasteiger partial charge in [0, 0.05) is 41.7 Å². The van der Waals surface area contributed by atoms with Crippen molar-refractivity contribution in [2.45, 2.75) is 24.9 Å². The highest BCUT2D eigenvalue weighted by Crippen LogP contribution is 2.42. The number of rotatable bonds is 4. The maximum Gasteiger partial charge on any atom is 0.245 e. The van der Waals surface area contributed by atoms with Crippen molar-refractivity contribution in [1.82, 2.24) is 15.5 Å². The molecule has 1 amide bonds. The molecular formula is C21H23Br2N3O. The monoisotopic (exact) mass is 491 g/mol. The number of carbonyl (C=O) groups excluding carboxylic acids is 1. The van der Waals surface area contributed by atoms with Crippen LogP contribution in [0.25, 0.3) is 0 Å². The summed E-state index contributed by atoms with van der Waals surface area (Å²) in [6, 6.07) is 14.5. The van der Waals surface area contributed by atoms with Gasteiger partial charge in [-0.2, -0.15) is 0 Å². The van der Waals surface area contributed by atoms with Crippen molar-refractivity contribution < 1.29 is 4.79 Å². The fourth-order valence-electron chi connectivity index (χ4n) is 4.39. The van der Waals surface area contributed by atoms with Crippen LogP contribution in [0.1, 0.15) is 23.1 Å². The first-order valence-electron chi connectivity index (χ1n) is 9.37. The van der Waals surface area contributed by atoms with Crippen molar-refractivity contribution in [3.05, 3.63) is 68.1 Å². The van der Waals surface area contributed by atoms with E-state index >= 15 is 0 Å². The summed E-state index contributed by atoms with van der Waals surface area (Å²) in [5.41, 5.74) is 3.00. The van der Waals surface area contributed by atoms with Crippen molar-refractivity contribution >= 4 is 37.8 Å². The lowest BCUT2D eigenvalue weighted by atomic mass is 9.87. The Kier molecular flexibility index (Phi) is 5.69. The summed E-state index contributed by atoms with van der Waals surface area (Å²) < 4.78 is 2.01. The second kappa shape index (κ2) is 8.03. The van der Waals surface area contributed by atoms with Gasteiger partial charge in [0.25, 0.3) is 0 Å². The highest BCUT2D eigenvalue weighted by Gasteiger charge is 2.49. The van der Waals surface area contributed by atoms with Crippen LogP contribution < -0.4 is 10.6 Å². The molecule has 27 heavy (non-hydrogen) atoms. The van der Waals surface area contributed by atoms with Crippen LogP contribution >= 0.6 is 31.9 Å². The van der Waals surface area contributed by atoms with Gasteiger partial charge in [0.2, 0.25) is 5.91 Å². The minimum absolute atomic E-state index is 0.116. The molecule has 0 saturated carbocycles. The molecule has 1 atom stereocenters. The maximum atomic E-state index is 13.6. The number of hydrogen-bond acceptors (Lipinski definition) is 3. The predicted octanol–water partition coefficient (Wildman–Crippen LogP) is 3.57. The normalized spacial score (nSPS) is 22.4. The van der Waals surface area contributed by atoms with Crippen LogP contribution in [0.5, 0.6) is 0 Å². The predicted molar refractivity (Wildman–Crippen MR) is 115 cm³/mol. The number of nitrogens with zero attached hydrogens (tertiary/aromatic N) is 1. The van der Waals surface area contributed by atoms with Gasteiger partial charge in [-0.1, -0.05) is 56.1 Å². The molecule has 0 radical (unpaired) electrons. The first kappa shape index (κ1) is 19.1. The first-order chi connectivity index (χ1) is 13.1. The van der Waals surface area contributed by atoms with Crippen molar-refractivity contribution in [2.75, 3.05) is 26.2 Å². The standard InChI is InChI=1S/C21H23Br2N3O/c22-17-11-15(12-18(23)13-17)14-25-20(27)21(26-9-7-24-8-10-26)6-5-16-3-1-2-4-19(16)21/h1-4,11-13,24H,5-10,14H2,(H,25,27)/t21-/m0/s1. The number of piperazine rings is 1. The molecule has 1 aliphatic heterocycles. The van der Waals surface area contributed by atoms with Crippen molar-refractivity contribution in [1.29, 1.82) is 0 Å². The maximum absolute atomic E-state index is 13.6. The number of nitrogens with one attached hydrogen (secondary N) is 2. The number of benzene rings is 2. The second-order valence-corrected chi connectivity index (χ2v) is 9.05. The third-order valence-electron chi connectivity index (χ3n) is 5.63. The Hall–Kier alpha value is -1.21. The molecule has 6 heteroatoms. The molecule has 4 nitrogen and oxygen atoms in total. The van der Waals surface area contributed by atoms with Gasteiger partial charge in [0.15, 0.2) is 0 Å². The zero-order valence-corrected chi connectivity index (χ0v) is 18.3. The summed E-state index contributed by atoms with van der Waals surface area (Å²) in [6.45, 7) is 4.16. The van der Waals surface area contributed by atoms with Crippen molar-refractivity contribution in [2.24, 2.45) is 0 Å². The lowest BCUT2D eigenvalue weighted by Crippen LogP contribution is -2.60. The van der Waals surface area contributed by atoms with Gasteiger partial charge >= 0.3 is 0 Å². The van der Waals surface area contributed by atoms with Gasteiger partial charge in [-0.05, 0) is 47.7 Å². The molecule has 2 N–H and O–H groups in total. The van der Waals surface area contributed by atoms with E-state index in [2.05, 4.69) is 71.7 Å². The average molecular weight is 493 g/mol. The summed E-state index contributed by atoms with van der Waals surface area (Å²) in [4.78, 5) is 16.0. The number of halogens is 2. The van der Waals surface area contributed by atoms with Crippen LogP contribution in [0.4, 0.5) is 0 Å². The van der Waals surface area contributed by atoms with Crippen LogP contribution in [0, 0.1) is 0 Å². The lowest BCUT2D eigenvalue weighted by molar-refractivity contribution is -0.135. The SMILES string of the molecule is O=C(NCc1cc(Br)cc(Br)c1)[C@]1(N2CCNCC2)CCc2ccccc21. The third kappa shape index (κ3) is 3.73. The molecule has 1 fully saturated rings. The molecule has 0 unspecified atom stereocenters. The summed E-state index contributed by atoms with van der Waals surface area (Å²) in [5, 5.41) is 6.64. The minimum atomic E-state index is -0.554. The Morgan fingerprint density at radius 1 is 1.11 bits per heavy atom. The zero-order chi connectivity index (χ0) is 18.9. The number of aryl methyl sites for hydroxylation is 1. The van der Waals surface area contributed by atoms with E-state index in [9.17, 15) is 4.79 Å². The summed E-state index contributed by atoms with van der Waals surface area (Å²) in [5.74, 6) is 0.116. The molecule has 142 valence electrons. The topological polar surface area (TPSA) is 44.4 Å². The zero-order valence-electron chi connectivity index (χ0n) is 15.1. The van der Waals surface area contributed by atoms with E-state index in [1.807, 2.05) is 18.2 Å². The van der Waals surface area contributed by atoms with E-state index in [0.717, 1.165) is 53.5 Å². The Balaban J connectivity index is 1.62. The van der Waals surface area contributed by atoms with Crippen LogP contribution in [0.3, 0.4) is 0 Å². The lowest BCUT2D eigenvalue weighted by Gasteiger charge is -2.43. The van der Waals surface area contributed by atoms with Gasteiger partial charge in [-0.25, -0.2) is 0 Å². The smallest absolute Gasteiger partial charge is 0.245 e. The van der Waals surface area contributed by atoms with Gasteiger partial charge in [0.1, 0.15) is 5.54 Å². The molecule has 4 rings (SSSR count). The van der Waals surface area contributed by atoms with E-state index < -0.39 is 5.54 Å². The molecule has 0 spiro atoms. The van der Waals surface area contributed by atoms with Crippen LogP contribution in [0.15, 0.2) is 51.4 Å². The second-order valence-electron chi connectivity index (χ2n) is 7.21. The van der Waals surface area contributed by atoms with Gasteiger partial charge in [-0.15, -0.1) is 0 Å². The van der Waals surface area contributed by atoms with E-state index in [4.69, 9.17) is 0 Å². The Bertz CT molecular complexity index is 831. The quantitative estimate of drug-likeness (QED) is 0.685. The molecule has 2 aliphatic rings. The molecular weight excluding hydrogens is 470 g/mol. The van der Waals surface area contributed by atoms with Crippen LogP contribution in [-0.2, 0) is 23.3 Å². The molecule has 2 aromatic rings. The molecule has 2 aromatic carbocycles. The van der Waals surface area contributed by atoms with E-state index in [1.165, 1.54) is 11.1 Å². The molecule has 0 aromatic heterocycles. The number of carbonyl (C=O) groups is 1. The van der Waals surface area contributed by atoms with Gasteiger partial charge in [-0.3, -0.25) is 9.69 Å². The number of fused-ring (bicyclic) bond motifs is 1. The first-order valence-corrected chi connectivity index (χ1v) is 11.0. The fraction of sp³-hybridized carbons (Fsp3) is 0.381. The van der Waals surface area contributed by atoms with E-state index in [-0.39, 0.29) is 5.91 Å². The molecule has 1 heterocycles. The van der Waals surface area contributed by atoms with Crippen molar-refractivity contribution in [3.63, 3.8) is 0 Å². The fourth-order valence-corrected chi connectivity index (χ4v) is 5.78. The molecule has 1 saturated heterocycles. The Labute approximate surface area is 177 Å². The van der Waals surface area contributed by atoms with Crippen LogP contribution in [-0.4, -0.2) is 37.0 Å². The van der Waals surface area contributed by atoms with Gasteiger partial charge in [0.05, 0.1) is 0 Å².